The fraction of sp³-hybridized carbons (Fsp3) is 0.586. The van der Waals surface area contributed by atoms with Gasteiger partial charge in [0.25, 0.3) is 0 Å². The van der Waals surface area contributed by atoms with Gasteiger partial charge < -0.3 is 28.6 Å². The van der Waals surface area contributed by atoms with Crippen LogP contribution in [0.5, 0.6) is 11.6 Å². The third kappa shape index (κ3) is 5.88. The maximum absolute atomic E-state index is 14.2. The number of aliphatic hydroxyl groups is 1. The second-order valence-electron chi connectivity index (χ2n) is 11.4. The molecule has 14 heteroatoms. The average Bonchev–Trinajstić information content (AvgIpc) is 3.69. The summed E-state index contributed by atoms with van der Waals surface area (Å²) in [4.78, 5) is 26.1. The first-order valence-electron chi connectivity index (χ1n) is 14.6. The van der Waals surface area contributed by atoms with Crippen LogP contribution in [0.15, 0.2) is 36.7 Å². The lowest BCUT2D eigenvalue weighted by molar-refractivity contribution is -0.225. The normalized spacial score (nSPS) is 27.6. The summed E-state index contributed by atoms with van der Waals surface area (Å²) in [5.41, 5.74) is -0.179. The molecule has 0 amide bonds. The van der Waals surface area contributed by atoms with Crippen molar-refractivity contribution in [3.8, 4) is 11.6 Å². The lowest BCUT2D eigenvalue weighted by Crippen LogP contribution is -2.56. The summed E-state index contributed by atoms with van der Waals surface area (Å²) in [6.45, 7) is 3.55. The number of hydrogen-bond donors (Lipinski definition) is 1. The molecule has 2 saturated heterocycles. The maximum atomic E-state index is 14.2. The van der Waals surface area contributed by atoms with Crippen LogP contribution in [-0.2, 0) is 28.1 Å². The smallest absolute Gasteiger partial charge is 0.380 e. The molecular weight excluding hydrogens is 579 g/mol. The van der Waals surface area contributed by atoms with Crippen molar-refractivity contribution in [2.45, 2.75) is 76.1 Å². The summed E-state index contributed by atoms with van der Waals surface area (Å²) < 4.78 is 51.0. The van der Waals surface area contributed by atoms with Crippen LogP contribution in [0.1, 0.15) is 51.1 Å². The van der Waals surface area contributed by atoms with Gasteiger partial charge in [0, 0.05) is 6.42 Å². The maximum Gasteiger partial charge on any atom is 0.380 e. The molecule has 1 aromatic carbocycles. The van der Waals surface area contributed by atoms with E-state index in [1.165, 1.54) is 7.11 Å². The summed E-state index contributed by atoms with van der Waals surface area (Å²) >= 11 is 0. The number of aromatic nitrogens is 4. The fourth-order valence-electron chi connectivity index (χ4n) is 5.96. The van der Waals surface area contributed by atoms with Gasteiger partial charge in [-0.1, -0.05) is 25.1 Å². The Morgan fingerprint density at radius 1 is 1.23 bits per heavy atom. The topological polar surface area (TPSA) is 153 Å². The zero-order valence-corrected chi connectivity index (χ0v) is 25.4. The summed E-state index contributed by atoms with van der Waals surface area (Å²) in [6.07, 6.45) is 2.60. The Bertz CT molecular complexity index is 1490. The number of aryl methyl sites for hydroxylation is 1. The molecule has 3 unspecified atom stereocenters. The number of aliphatic hydroxyl groups excluding tert-OH is 1. The molecule has 1 saturated carbocycles. The second kappa shape index (κ2) is 12.1. The van der Waals surface area contributed by atoms with Crippen LogP contribution in [0.3, 0.4) is 0 Å². The minimum Gasteiger partial charge on any atom is -0.479 e. The molecule has 6 rings (SSSR count). The number of nitrogens with zero attached hydrogens (tertiary/aromatic N) is 4. The van der Waals surface area contributed by atoms with Gasteiger partial charge in [0.2, 0.25) is 5.88 Å². The van der Waals surface area contributed by atoms with Crippen molar-refractivity contribution in [1.82, 2.24) is 19.5 Å². The Labute approximate surface area is 249 Å². The monoisotopic (exact) mass is 616 g/mol. The van der Waals surface area contributed by atoms with Gasteiger partial charge in [-0.2, -0.15) is 4.98 Å². The Balaban J connectivity index is 1.21. The molecule has 0 bridgehead atoms. The van der Waals surface area contributed by atoms with E-state index in [1.54, 1.807) is 49.0 Å². The molecule has 232 valence electrons. The highest BCUT2D eigenvalue weighted by Crippen LogP contribution is 2.53. The molecule has 1 spiro atoms. The van der Waals surface area contributed by atoms with E-state index in [1.807, 2.05) is 6.07 Å². The summed E-state index contributed by atoms with van der Waals surface area (Å²) in [5.74, 6) is -0.0453. The average molecular weight is 617 g/mol. The Kier molecular flexibility index (Phi) is 8.45. The molecular formula is C29H37N4O9P. The summed E-state index contributed by atoms with van der Waals surface area (Å²) in [5, 5.41) is 11.4. The van der Waals surface area contributed by atoms with E-state index >= 15 is 0 Å². The number of carbonyl (C=O) groups is 1. The molecule has 2 aromatic heterocycles. The van der Waals surface area contributed by atoms with Crippen LogP contribution in [0.4, 0.5) is 0 Å². The highest BCUT2D eigenvalue weighted by atomic mass is 31.2. The second-order valence-corrected chi connectivity index (χ2v) is 13.4. The van der Waals surface area contributed by atoms with Crippen molar-refractivity contribution >= 4 is 24.7 Å². The Morgan fingerprint density at radius 3 is 2.65 bits per heavy atom. The molecule has 6 atom stereocenters. The van der Waals surface area contributed by atoms with Crippen LogP contribution in [0.2, 0.25) is 0 Å². The van der Waals surface area contributed by atoms with E-state index in [0.29, 0.717) is 41.6 Å². The number of imidazole rings is 1. The SMILES string of the molecule is COc1nc(C)nc2c1ncn2C1OC(COP(=O)(C[C@@H](C)C(=O)OC2CCCC2)Oc2ccccc2)[C@@H](O)[C@]12CCO2. The largest absolute Gasteiger partial charge is 0.479 e. The van der Waals surface area contributed by atoms with Gasteiger partial charge in [-0.15, -0.1) is 0 Å². The van der Waals surface area contributed by atoms with Gasteiger partial charge in [0.15, 0.2) is 17.4 Å². The molecule has 3 fully saturated rings. The third-order valence-electron chi connectivity index (χ3n) is 8.29. The number of carbonyl (C=O) groups excluding carboxylic acids is 1. The molecule has 1 aliphatic carbocycles. The predicted molar refractivity (Wildman–Crippen MR) is 153 cm³/mol. The minimum atomic E-state index is -3.93. The number of ether oxygens (including phenoxy) is 4. The summed E-state index contributed by atoms with van der Waals surface area (Å²) in [7, 11) is -2.43. The van der Waals surface area contributed by atoms with Gasteiger partial charge in [-0.3, -0.25) is 13.9 Å². The van der Waals surface area contributed by atoms with Crippen molar-refractivity contribution in [1.29, 1.82) is 0 Å². The first-order chi connectivity index (χ1) is 20.7. The van der Waals surface area contributed by atoms with Crippen molar-refractivity contribution < 1.29 is 42.5 Å². The molecule has 3 aliphatic rings. The zero-order chi connectivity index (χ0) is 30.2. The highest BCUT2D eigenvalue weighted by molar-refractivity contribution is 7.54. The minimum absolute atomic E-state index is 0.115. The van der Waals surface area contributed by atoms with Gasteiger partial charge in [-0.25, -0.2) is 14.5 Å². The lowest BCUT2D eigenvalue weighted by Gasteiger charge is -2.44. The van der Waals surface area contributed by atoms with Crippen molar-refractivity contribution in [3.05, 3.63) is 42.5 Å². The van der Waals surface area contributed by atoms with E-state index in [9.17, 15) is 14.5 Å². The Morgan fingerprint density at radius 2 is 1.98 bits per heavy atom. The molecule has 43 heavy (non-hydrogen) atoms. The number of hydrogen-bond acceptors (Lipinski definition) is 12. The summed E-state index contributed by atoms with van der Waals surface area (Å²) in [6, 6.07) is 8.63. The first-order valence-corrected chi connectivity index (χ1v) is 16.4. The fourth-order valence-corrected chi connectivity index (χ4v) is 7.83. The number of benzene rings is 1. The number of fused-ring (bicyclic) bond motifs is 1. The van der Waals surface area contributed by atoms with Gasteiger partial charge >= 0.3 is 13.6 Å². The van der Waals surface area contributed by atoms with Crippen LogP contribution < -0.4 is 9.26 Å². The number of rotatable bonds is 11. The van der Waals surface area contributed by atoms with Crippen molar-refractivity contribution in [2.24, 2.45) is 5.92 Å². The lowest BCUT2D eigenvalue weighted by atomic mass is 9.86. The first kappa shape index (κ1) is 30.0. The molecule has 4 heterocycles. The van der Waals surface area contributed by atoms with Crippen molar-refractivity contribution in [2.75, 3.05) is 26.5 Å². The highest BCUT2D eigenvalue weighted by Gasteiger charge is 2.62. The zero-order valence-electron chi connectivity index (χ0n) is 24.5. The van der Waals surface area contributed by atoms with E-state index in [-0.39, 0.29) is 18.9 Å². The molecule has 13 nitrogen and oxygen atoms in total. The molecule has 0 radical (unpaired) electrons. The van der Waals surface area contributed by atoms with Gasteiger partial charge in [-0.05, 0) is 44.7 Å². The molecule has 2 aliphatic heterocycles. The van der Waals surface area contributed by atoms with Crippen LogP contribution in [-0.4, -0.2) is 81.0 Å². The Hall–Kier alpha value is -3.09. The van der Waals surface area contributed by atoms with Crippen LogP contribution >= 0.6 is 7.60 Å². The molecule has 3 aromatic rings. The van der Waals surface area contributed by atoms with Crippen molar-refractivity contribution in [3.63, 3.8) is 0 Å². The number of esters is 1. The predicted octanol–water partition coefficient (Wildman–Crippen LogP) is 3.97. The van der Waals surface area contributed by atoms with Gasteiger partial charge in [0.1, 0.15) is 35.5 Å². The number of methoxy groups -OCH3 is 1. The number of para-hydroxylation sites is 1. The molecule has 1 N–H and O–H groups in total. The standard InChI is InChI=1S/C29H37N4O9P/c1-18(27(35)40-20-9-7-8-10-20)16-43(36,42-21-11-5-4-6-12-21)39-15-22-24(34)29(13-14-38-29)28(41-22)33-17-30-23-25(33)31-19(2)32-26(23)37-3/h4-6,11-12,17-18,20,22,24,28,34H,7-10,13-16H2,1-3H3/t18-,22?,24-,28?,29-,43?/m1/s1. The van der Waals surface area contributed by atoms with E-state index in [0.717, 1.165) is 25.7 Å². The van der Waals surface area contributed by atoms with Crippen LogP contribution in [0, 0.1) is 12.8 Å². The van der Waals surface area contributed by atoms with E-state index in [4.69, 9.17) is 28.0 Å². The van der Waals surface area contributed by atoms with Crippen LogP contribution in [0.25, 0.3) is 11.2 Å². The van der Waals surface area contributed by atoms with E-state index < -0.39 is 43.5 Å². The van der Waals surface area contributed by atoms with Gasteiger partial charge in [0.05, 0.1) is 38.7 Å². The van der Waals surface area contributed by atoms with E-state index in [2.05, 4.69) is 15.0 Å². The third-order valence-corrected chi connectivity index (χ3v) is 10.3. The quantitative estimate of drug-likeness (QED) is 0.245.